The van der Waals surface area contributed by atoms with E-state index in [2.05, 4.69) is 4.74 Å². The molecule has 5 nitrogen and oxygen atoms in total. The van der Waals surface area contributed by atoms with Gasteiger partial charge in [0, 0.05) is 0 Å². The van der Waals surface area contributed by atoms with Gasteiger partial charge >= 0.3 is 5.97 Å². The first-order chi connectivity index (χ1) is 7.72. The highest BCUT2D eigenvalue weighted by atomic mass is 16.5. The third-order valence-corrected chi connectivity index (χ3v) is 1.49. The van der Waals surface area contributed by atoms with Gasteiger partial charge in [0.1, 0.15) is 0 Å². The second-order valence-corrected chi connectivity index (χ2v) is 2.73. The van der Waals surface area contributed by atoms with Crippen LogP contribution in [0.1, 0.15) is 10.4 Å². The van der Waals surface area contributed by atoms with Crippen molar-refractivity contribution in [3.05, 3.63) is 35.9 Å². The SMILES string of the molecule is O=C(O)c1ccccc1.OCCOCCO. The zero-order valence-electron chi connectivity index (χ0n) is 8.87. The minimum absolute atomic E-state index is 0.0278. The summed E-state index contributed by atoms with van der Waals surface area (Å²) in [5.74, 6) is -0.879. The molecule has 0 spiro atoms. The van der Waals surface area contributed by atoms with Crippen molar-refractivity contribution in [2.45, 2.75) is 0 Å². The average molecular weight is 228 g/mol. The van der Waals surface area contributed by atoms with Crippen molar-refractivity contribution in [3.63, 3.8) is 0 Å². The first-order valence-electron chi connectivity index (χ1n) is 4.80. The number of aliphatic hydroxyl groups is 2. The largest absolute Gasteiger partial charge is 0.478 e. The van der Waals surface area contributed by atoms with Crippen LogP contribution < -0.4 is 0 Å². The number of carbonyl (C=O) groups is 1. The van der Waals surface area contributed by atoms with Crippen LogP contribution in [-0.2, 0) is 4.74 Å². The molecule has 1 aromatic carbocycles. The van der Waals surface area contributed by atoms with E-state index >= 15 is 0 Å². The van der Waals surface area contributed by atoms with Gasteiger partial charge in [-0.05, 0) is 12.1 Å². The summed E-state index contributed by atoms with van der Waals surface area (Å²) in [7, 11) is 0. The number of ether oxygens (including phenoxy) is 1. The van der Waals surface area contributed by atoms with Crippen LogP contribution in [0.4, 0.5) is 0 Å². The fourth-order valence-corrected chi connectivity index (χ4v) is 0.812. The minimum atomic E-state index is -0.879. The van der Waals surface area contributed by atoms with E-state index in [1.54, 1.807) is 30.3 Å². The molecule has 0 aliphatic heterocycles. The highest BCUT2D eigenvalue weighted by molar-refractivity contribution is 5.87. The van der Waals surface area contributed by atoms with E-state index in [-0.39, 0.29) is 13.2 Å². The second kappa shape index (κ2) is 10.1. The molecular formula is C11H16O5. The zero-order valence-corrected chi connectivity index (χ0v) is 8.87. The Balaban J connectivity index is 0.000000293. The maximum atomic E-state index is 10.2. The van der Waals surface area contributed by atoms with E-state index < -0.39 is 5.97 Å². The molecule has 0 atom stereocenters. The van der Waals surface area contributed by atoms with Crippen LogP contribution in [0, 0.1) is 0 Å². The van der Waals surface area contributed by atoms with Crippen LogP contribution in [0.3, 0.4) is 0 Å². The van der Waals surface area contributed by atoms with Gasteiger partial charge in [-0.3, -0.25) is 0 Å². The Morgan fingerprint density at radius 3 is 1.88 bits per heavy atom. The van der Waals surface area contributed by atoms with Crippen molar-refractivity contribution in [3.8, 4) is 0 Å². The van der Waals surface area contributed by atoms with Gasteiger partial charge in [-0.25, -0.2) is 4.79 Å². The van der Waals surface area contributed by atoms with Crippen molar-refractivity contribution in [2.75, 3.05) is 26.4 Å². The fraction of sp³-hybridized carbons (Fsp3) is 0.364. The lowest BCUT2D eigenvalue weighted by molar-refractivity contribution is 0.0650. The van der Waals surface area contributed by atoms with E-state index in [1.165, 1.54) is 0 Å². The summed E-state index contributed by atoms with van der Waals surface area (Å²) >= 11 is 0. The monoisotopic (exact) mass is 228 g/mol. The molecule has 0 saturated carbocycles. The van der Waals surface area contributed by atoms with E-state index in [0.29, 0.717) is 18.8 Å². The Labute approximate surface area is 93.9 Å². The molecule has 0 aliphatic rings. The maximum absolute atomic E-state index is 10.2. The summed E-state index contributed by atoms with van der Waals surface area (Å²) in [5, 5.41) is 24.6. The Hall–Kier alpha value is -1.43. The highest BCUT2D eigenvalue weighted by Gasteiger charge is 1.96. The molecule has 1 rings (SSSR count). The van der Waals surface area contributed by atoms with Crippen molar-refractivity contribution < 1.29 is 24.9 Å². The van der Waals surface area contributed by atoms with Crippen LogP contribution in [0.2, 0.25) is 0 Å². The number of rotatable bonds is 5. The van der Waals surface area contributed by atoms with Crippen LogP contribution >= 0.6 is 0 Å². The molecule has 90 valence electrons. The zero-order chi connectivity index (χ0) is 12.2. The lowest BCUT2D eigenvalue weighted by Crippen LogP contribution is -2.03. The Morgan fingerprint density at radius 1 is 1.06 bits per heavy atom. The summed E-state index contributed by atoms with van der Waals surface area (Å²) in [6.45, 7) is 0.696. The van der Waals surface area contributed by atoms with Crippen LogP contribution in [0.25, 0.3) is 0 Å². The molecule has 0 amide bonds. The second-order valence-electron chi connectivity index (χ2n) is 2.73. The van der Waals surface area contributed by atoms with Gasteiger partial charge in [0.05, 0.1) is 32.0 Å². The smallest absolute Gasteiger partial charge is 0.335 e. The third-order valence-electron chi connectivity index (χ3n) is 1.49. The lowest BCUT2D eigenvalue weighted by Gasteiger charge is -1.94. The Bertz CT molecular complexity index is 269. The summed E-state index contributed by atoms with van der Waals surface area (Å²) < 4.78 is 4.63. The van der Waals surface area contributed by atoms with Gasteiger partial charge in [-0.15, -0.1) is 0 Å². The minimum Gasteiger partial charge on any atom is -0.478 e. The molecule has 0 unspecified atom stereocenters. The summed E-state index contributed by atoms with van der Waals surface area (Å²) in [5.41, 5.74) is 0.331. The molecule has 0 saturated heterocycles. The predicted molar refractivity (Wildman–Crippen MR) is 58.4 cm³/mol. The number of aromatic carboxylic acids is 1. The molecule has 0 bridgehead atoms. The van der Waals surface area contributed by atoms with Gasteiger partial charge in [0.15, 0.2) is 0 Å². The van der Waals surface area contributed by atoms with Crippen LogP contribution in [0.5, 0.6) is 0 Å². The van der Waals surface area contributed by atoms with Crippen molar-refractivity contribution in [2.24, 2.45) is 0 Å². The summed E-state index contributed by atoms with van der Waals surface area (Å²) in [6.07, 6.45) is 0. The molecule has 0 radical (unpaired) electrons. The van der Waals surface area contributed by atoms with E-state index in [9.17, 15) is 4.79 Å². The summed E-state index contributed by atoms with van der Waals surface area (Å²) in [6, 6.07) is 8.30. The number of benzene rings is 1. The molecule has 1 aromatic rings. The van der Waals surface area contributed by atoms with Crippen LogP contribution in [0.15, 0.2) is 30.3 Å². The Kier molecular flexibility index (Phi) is 9.20. The molecule has 0 aromatic heterocycles. The van der Waals surface area contributed by atoms with E-state index in [0.717, 1.165) is 0 Å². The number of hydrogen-bond donors (Lipinski definition) is 3. The number of aliphatic hydroxyl groups excluding tert-OH is 2. The van der Waals surface area contributed by atoms with Crippen molar-refractivity contribution in [1.82, 2.24) is 0 Å². The average Bonchev–Trinajstić information content (AvgIpc) is 2.32. The highest BCUT2D eigenvalue weighted by Crippen LogP contribution is 1.96. The molecule has 0 heterocycles. The number of carboxylic acids is 1. The molecule has 0 fully saturated rings. The third kappa shape index (κ3) is 7.93. The number of hydrogen-bond acceptors (Lipinski definition) is 4. The molecule has 16 heavy (non-hydrogen) atoms. The van der Waals surface area contributed by atoms with Gasteiger partial charge < -0.3 is 20.1 Å². The first kappa shape index (κ1) is 14.6. The predicted octanol–water partition coefficient (Wildman–Crippen LogP) is 0.372. The molecule has 5 heteroatoms. The fourth-order valence-electron chi connectivity index (χ4n) is 0.812. The lowest BCUT2D eigenvalue weighted by atomic mass is 10.2. The quantitative estimate of drug-likeness (QED) is 0.634. The maximum Gasteiger partial charge on any atom is 0.335 e. The van der Waals surface area contributed by atoms with Crippen molar-refractivity contribution >= 4 is 5.97 Å². The van der Waals surface area contributed by atoms with Gasteiger partial charge in [-0.2, -0.15) is 0 Å². The van der Waals surface area contributed by atoms with Gasteiger partial charge in [0.2, 0.25) is 0 Å². The Morgan fingerprint density at radius 2 is 1.56 bits per heavy atom. The molecular weight excluding hydrogens is 212 g/mol. The molecule has 3 N–H and O–H groups in total. The van der Waals surface area contributed by atoms with E-state index in [4.69, 9.17) is 15.3 Å². The van der Waals surface area contributed by atoms with Gasteiger partial charge in [0.25, 0.3) is 0 Å². The first-order valence-corrected chi connectivity index (χ1v) is 4.80. The van der Waals surface area contributed by atoms with Crippen molar-refractivity contribution in [1.29, 1.82) is 0 Å². The topological polar surface area (TPSA) is 87.0 Å². The van der Waals surface area contributed by atoms with Crippen LogP contribution in [-0.4, -0.2) is 47.7 Å². The standard InChI is InChI=1S/C7H6O2.C4H10O3/c8-7(9)6-4-2-1-3-5-6;5-1-3-7-4-2-6/h1-5H,(H,8,9);5-6H,1-4H2. The normalized spacial score (nSPS) is 9.12. The van der Waals surface area contributed by atoms with Gasteiger partial charge in [-0.1, -0.05) is 18.2 Å². The number of carboxylic acid groups (broad SMARTS) is 1. The van der Waals surface area contributed by atoms with E-state index in [1.807, 2.05) is 0 Å². The summed E-state index contributed by atoms with van der Waals surface area (Å²) in [4.78, 5) is 10.2. The molecule has 0 aliphatic carbocycles.